The lowest BCUT2D eigenvalue weighted by Crippen LogP contribution is -2.53. The van der Waals surface area contributed by atoms with E-state index < -0.39 is 17.5 Å². The van der Waals surface area contributed by atoms with Crippen LogP contribution >= 0.6 is 23.2 Å². The lowest BCUT2D eigenvalue weighted by molar-refractivity contribution is -0.143. The Balaban J connectivity index is 2.87. The van der Waals surface area contributed by atoms with E-state index in [2.05, 4.69) is 10.6 Å². The van der Waals surface area contributed by atoms with Crippen molar-refractivity contribution in [1.82, 2.24) is 5.32 Å². The molecule has 1 rings (SSSR count). The number of carboxylic acids is 1. The Hall–Kier alpha value is -1.46. The molecule has 0 aliphatic heterocycles. The summed E-state index contributed by atoms with van der Waals surface area (Å²) in [5, 5.41) is 14.8. The van der Waals surface area contributed by atoms with E-state index in [1.165, 1.54) is 13.0 Å². The third-order valence-electron chi connectivity index (χ3n) is 3.07. The van der Waals surface area contributed by atoms with E-state index in [0.29, 0.717) is 15.7 Å². The lowest BCUT2D eigenvalue weighted by Gasteiger charge is -2.24. The van der Waals surface area contributed by atoms with Gasteiger partial charge in [-0.15, -0.1) is 0 Å². The van der Waals surface area contributed by atoms with E-state index in [9.17, 15) is 9.59 Å². The summed E-state index contributed by atoms with van der Waals surface area (Å²) in [5.41, 5.74) is -0.236. The van der Waals surface area contributed by atoms with Gasteiger partial charge in [-0.2, -0.15) is 0 Å². The van der Waals surface area contributed by atoms with Crippen LogP contribution in [0, 0.1) is 6.92 Å². The zero-order valence-corrected chi connectivity index (χ0v) is 12.9. The summed E-state index contributed by atoms with van der Waals surface area (Å²) in [6.45, 7) is 4.89. The van der Waals surface area contributed by atoms with Crippen LogP contribution in [0.2, 0.25) is 10.0 Å². The predicted octanol–water partition coefficient (Wildman–Crippen LogP) is 3.68. The van der Waals surface area contributed by atoms with Gasteiger partial charge in [0.25, 0.3) is 0 Å². The van der Waals surface area contributed by atoms with Gasteiger partial charge in [0, 0.05) is 5.02 Å². The number of anilines is 1. The largest absolute Gasteiger partial charge is 0.480 e. The Morgan fingerprint density at radius 1 is 1.30 bits per heavy atom. The highest BCUT2D eigenvalue weighted by Gasteiger charge is 2.32. The number of carbonyl (C=O) groups is 2. The molecule has 110 valence electrons. The van der Waals surface area contributed by atoms with Crippen molar-refractivity contribution in [2.24, 2.45) is 0 Å². The third-order valence-corrected chi connectivity index (χ3v) is 3.78. The molecule has 7 heteroatoms. The number of aliphatic carboxylic acids is 1. The molecule has 5 nitrogen and oxygen atoms in total. The van der Waals surface area contributed by atoms with Crippen molar-refractivity contribution in [3.63, 3.8) is 0 Å². The number of benzene rings is 1. The zero-order chi connectivity index (χ0) is 15.5. The van der Waals surface area contributed by atoms with Gasteiger partial charge in [0.15, 0.2) is 0 Å². The molecular formula is C13H16Cl2N2O3. The number of halogens is 2. The maximum Gasteiger partial charge on any atom is 0.329 e. The summed E-state index contributed by atoms with van der Waals surface area (Å²) in [6.07, 6.45) is 0.248. The molecule has 1 aromatic carbocycles. The van der Waals surface area contributed by atoms with Crippen LogP contribution < -0.4 is 10.6 Å². The minimum absolute atomic E-state index is 0.248. The van der Waals surface area contributed by atoms with Crippen LogP contribution in [0.3, 0.4) is 0 Å². The minimum atomic E-state index is -1.34. The highest BCUT2D eigenvalue weighted by Crippen LogP contribution is 2.28. The Bertz CT molecular complexity index is 549. The van der Waals surface area contributed by atoms with E-state index >= 15 is 0 Å². The van der Waals surface area contributed by atoms with Gasteiger partial charge >= 0.3 is 12.0 Å². The average molecular weight is 319 g/mol. The first-order valence-corrected chi connectivity index (χ1v) is 6.73. The average Bonchev–Trinajstić information content (AvgIpc) is 2.35. The fourth-order valence-corrected chi connectivity index (χ4v) is 1.87. The molecule has 0 saturated heterocycles. The van der Waals surface area contributed by atoms with Crippen molar-refractivity contribution in [3.05, 3.63) is 27.7 Å². The van der Waals surface area contributed by atoms with Gasteiger partial charge in [-0.3, -0.25) is 0 Å². The quantitative estimate of drug-likeness (QED) is 0.792. The number of urea groups is 1. The molecule has 0 aromatic heterocycles. The molecule has 1 aromatic rings. The Morgan fingerprint density at radius 3 is 2.40 bits per heavy atom. The van der Waals surface area contributed by atoms with E-state index in [4.69, 9.17) is 28.3 Å². The standard InChI is InChI=1S/C13H16Cl2N2O3/c1-4-13(3,11(18)19)17-12(20)16-10-6-8(14)7(2)5-9(10)15/h5-6H,4H2,1-3H3,(H,18,19)(H2,16,17,20). The Morgan fingerprint density at radius 2 is 1.90 bits per heavy atom. The molecule has 0 fully saturated rings. The second-order valence-corrected chi connectivity index (χ2v) is 5.47. The van der Waals surface area contributed by atoms with E-state index in [0.717, 1.165) is 5.56 Å². The van der Waals surface area contributed by atoms with Gasteiger partial charge in [0.05, 0.1) is 10.7 Å². The monoisotopic (exact) mass is 318 g/mol. The summed E-state index contributed by atoms with van der Waals surface area (Å²) in [4.78, 5) is 23.0. The van der Waals surface area contributed by atoms with Crippen molar-refractivity contribution in [1.29, 1.82) is 0 Å². The van der Waals surface area contributed by atoms with Crippen molar-refractivity contribution < 1.29 is 14.7 Å². The van der Waals surface area contributed by atoms with Crippen LogP contribution in [-0.4, -0.2) is 22.6 Å². The maximum atomic E-state index is 11.9. The molecule has 20 heavy (non-hydrogen) atoms. The van der Waals surface area contributed by atoms with Gasteiger partial charge in [-0.25, -0.2) is 9.59 Å². The number of hydrogen-bond donors (Lipinski definition) is 3. The normalized spacial score (nSPS) is 13.4. The van der Waals surface area contributed by atoms with Gasteiger partial charge in [0.2, 0.25) is 0 Å². The molecule has 2 amide bonds. The van der Waals surface area contributed by atoms with E-state index in [1.54, 1.807) is 19.9 Å². The molecule has 0 spiro atoms. The summed E-state index contributed by atoms with van der Waals surface area (Å²) < 4.78 is 0. The van der Waals surface area contributed by atoms with Crippen molar-refractivity contribution in [2.75, 3.05) is 5.32 Å². The van der Waals surface area contributed by atoms with E-state index in [-0.39, 0.29) is 6.42 Å². The Kier molecular flexibility index (Phi) is 5.25. The number of carboxylic acid groups (broad SMARTS) is 1. The molecule has 0 bridgehead atoms. The predicted molar refractivity (Wildman–Crippen MR) is 79.7 cm³/mol. The van der Waals surface area contributed by atoms with Crippen molar-refractivity contribution in [3.8, 4) is 0 Å². The van der Waals surface area contributed by atoms with Crippen LogP contribution in [-0.2, 0) is 4.79 Å². The zero-order valence-electron chi connectivity index (χ0n) is 11.4. The molecule has 1 unspecified atom stereocenters. The summed E-state index contributed by atoms with van der Waals surface area (Å²) in [5.74, 6) is -1.11. The number of aryl methyl sites for hydroxylation is 1. The van der Waals surface area contributed by atoms with Crippen LogP contribution in [0.1, 0.15) is 25.8 Å². The lowest BCUT2D eigenvalue weighted by atomic mass is 10.00. The van der Waals surface area contributed by atoms with Crippen molar-refractivity contribution in [2.45, 2.75) is 32.7 Å². The first-order valence-electron chi connectivity index (χ1n) is 5.98. The molecule has 0 radical (unpaired) electrons. The topological polar surface area (TPSA) is 78.4 Å². The first-order chi connectivity index (χ1) is 9.19. The second-order valence-electron chi connectivity index (χ2n) is 4.65. The number of rotatable bonds is 4. The summed E-state index contributed by atoms with van der Waals surface area (Å²) in [7, 11) is 0. The number of hydrogen-bond acceptors (Lipinski definition) is 2. The Labute approximate surface area is 127 Å². The molecule has 0 heterocycles. The number of amides is 2. The van der Waals surface area contributed by atoms with Gasteiger partial charge in [-0.1, -0.05) is 30.1 Å². The van der Waals surface area contributed by atoms with Gasteiger partial charge < -0.3 is 15.7 Å². The fraction of sp³-hybridized carbons (Fsp3) is 0.385. The fourth-order valence-electron chi connectivity index (χ4n) is 1.44. The molecular weight excluding hydrogens is 303 g/mol. The second kappa shape index (κ2) is 6.33. The molecule has 0 aliphatic carbocycles. The van der Waals surface area contributed by atoms with Crippen LogP contribution in [0.25, 0.3) is 0 Å². The van der Waals surface area contributed by atoms with Crippen LogP contribution in [0.4, 0.5) is 10.5 Å². The number of carbonyl (C=O) groups excluding carboxylic acids is 1. The maximum absolute atomic E-state index is 11.9. The molecule has 0 saturated carbocycles. The van der Waals surface area contributed by atoms with Gasteiger partial charge in [-0.05, 0) is 38.0 Å². The SMILES string of the molecule is CCC(C)(NC(=O)Nc1cc(Cl)c(C)cc1Cl)C(=O)O. The number of nitrogens with one attached hydrogen (secondary N) is 2. The summed E-state index contributed by atoms with van der Waals surface area (Å²) >= 11 is 12.0. The molecule has 1 atom stereocenters. The third kappa shape index (κ3) is 3.77. The van der Waals surface area contributed by atoms with Crippen molar-refractivity contribution >= 4 is 40.9 Å². The highest BCUT2D eigenvalue weighted by atomic mass is 35.5. The highest BCUT2D eigenvalue weighted by molar-refractivity contribution is 6.36. The van der Waals surface area contributed by atoms with Crippen LogP contribution in [0.5, 0.6) is 0 Å². The minimum Gasteiger partial charge on any atom is -0.480 e. The molecule has 3 N–H and O–H groups in total. The van der Waals surface area contributed by atoms with Gasteiger partial charge in [0.1, 0.15) is 5.54 Å². The van der Waals surface area contributed by atoms with E-state index in [1.807, 2.05) is 0 Å². The summed E-state index contributed by atoms with van der Waals surface area (Å²) in [6, 6.07) is 2.48. The smallest absolute Gasteiger partial charge is 0.329 e. The van der Waals surface area contributed by atoms with Crippen LogP contribution in [0.15, 0.2) is 12.1 Å². The first kappa shape index (κ1) is 16.6. The molecule has 0 aliphatic rings.